The predicted molar refractivity (Wildman–Crippen MR) is 96.9 cm³/mol. The van der Waals surface area contributed by atoms with Crippen molar-refractivity contribution in [3.8, 4) is 11.3 Å². The van der Waals surface area contributed by atoms with Crippen LogP contribution in [0.25, 0.3) is 11.3 Å². The topological polar surface area (TPSA) is 76.5 Å². The first-order valence-electron chi connectivity index (χ1n) is 9.10. The molecule has 3 heterocycles. The molecule has 1 atom stereocenters. The van der Waals surface area contributed by atoms with E-state index in [1.54, 1.807) is 23.1 Å². The van der Waals surface area contributed by atoms with Crippen LogP contribution in [-0.4, -0.2) is 53.1 Å². The highest BCUT2D eigenvalue weighted by molar-refractivity contribution is 5.75. The van der Waals surface area contributed by atoms with Crippen LogP contribution in [-0.2, 0) is 4.74 Å². The fourth-order valence-electron chi connectivity index (χ4n) is 3.38. The summed E-state index contributed by atoms with van der Waals surface area (Å²) in [5.41, 5.74) is 0.893. The Hall–Kier alpha value is -2.74. The summed E-state index contributed by atoms with van der Waals surface area (Å²) in [4.78, 5) is 26.0. The molecule has 7 nitrogen and oxygen atoms in total. The van der Waals surface area contributed by atoms with Gasteiger partial charge in [-0.15, -0.1) is 0 Å². The third-order valence-electron chi connectivity index (χ3n) is 4.95. The number of hydrogen-bond donors (Lipinski definition) is 1. The van der Waals surface area contributed by atoms with E-state index in [0.717, 1.165) is 19.4 Å². The van der Waals surface area contributed by atoms with E-state index in [4.69, 9.17) is 4.74 Å². The average Bonchev–Trinajstić information content (AvgIpc) is 3.14. The highest BCUT2D eigenvalue weighted by atomic mass is 19.1. The zero-order valence-electron chi connectivity index (χ0n) is 14.8. The molecule has 8 heteroatoms. The molecule has 2 fully saturated rings. The molecule has 1 aromatic carbocycles. The summed E-state index contributed by atoms with van der Waals surface area (Å²) in [5, 5.41) is 7.24. The number of halogens is 1. The highest BCUT2D eigenvalue weighted by Gasteiger charge is 2.33. The molecule has 2 amide bonds. The molecular weight excluding hydrogens is 351 g/mol. The van der Waals surface area contributed by atoms with Gasteiger partial charge in [0.2, 0.25) is 0 Å². The second-order valence-corrected chi connectivity index (χ2v) is 6.89. The number of hydrogen-bond acceptors (Lipinski definition) is 4. The molecule has 1 aromatic heterocycles. The third kappa shape index (κ3) is 3.85. The number of carbonyl (C=O) groups excluding carboxylic acids is 1. The van der Waals surface area contributed by atoms with Gasteiger partial charge >= 0.3 is 6.03 Å². The van der Waals surface area contributed by atoms with E-state index in [1.165, 1.54) is 22.9 Å². The average molecular weight is 372 g/mol. The Balaban J connectivity index is 1.39. The molecule has 2 saturated heterocycles. The molecule has 142 valence electrons. The van der Waals surface area contributed by atoms with Crippen LogP contribution in [0, 0.1) is 5.82 Å². The lowest BCUT2D eigenvalue weighted by Gasteiger charge is -2.39. The monoisotopic (exact) mass is 372 g/mol. The quantitative estimate of drug-likeness (QED) is 0.888. The minimum atomic E-state index is -0.357. The Morgan fingerprint density at radius 2 is 2.15 bits per heavy atom. The van der Waals surface area contributed by atoms with Gasteiger partial charge in [0.05, 0.1) is 17.8 Å². The largest absolute Gasteiger partial charge is 0.376 e. The van der Waals surface area contributed by atoms with Crippen molar-refractivity contribution in [2.45, 2.75) is 25.0 Å². The van der Waals surface area contributed by atoms with Crippen molar-refractivity contribution in [1.82, 2.24) is 20.0 Å². The number of benzene rings is 1. The second kappa shape index (κ2) is 7.48. The Labute approximate surface area is 155 Å². The molecule has 1 unspecified atom stereocenters. The number of rotatable bonds is 4. The lowest BCUT2D eigenvalue weighted by Crippen LogP contribution is -2.56. The Bertz CT molecular complexity index is 889. The van der Waals surface area contributed by atoms with Crippen LogP contribution in [0.3, 0.4) is 0 Å². The van der Waals surface area contributed by atoms with Gasteiger partial charge in [-0.25, -0.2) is 13.9 Å². The van der Waals surface area contributed by atoms with Crippen LogP contribution in [0.4, 0.5) is 9.18 Å². The van der Waals surface area contributed by atoms with E-state index < -0.39 is 0 Å². The first kappa shape index (κ1) is 17.7. The van der Waals surface area contributed by atoms with E-state index in [2.05, 4.69) is 10.4 Å². The molecule has 0 saturated carbocycles. The van der Waals surface area contributed by atoms with Crippen molar-refractivity contribution in [3.63, 3.8) is 0 Å². The summed E-state index contributed by atoms with van der Waals surface area (Å²) >= 11 is 0. The fourth-order valence-corrected chi connectivity index (χ4v) is 3.38. The number of aromatic nitrogens is 2. The summed E-state index contributed by atoms with van der Waals surface area (Å²) in [5.74, 6) is -0.357. The Kier molecular flexibility index (Phi) is 4.89. The van der Waals surface area contributed by atoms with E-state index >= 15 is 0 Å². The first-order valence-corrected chi connectivity index (χ1v) is 9.10. The van der Waals surface area contributed by atoms with Gasteiger partial charge in [0.1, 0.15) is 5.82 Å². The minimum Gasteiger partial charge on any atom is -0.376 e. The number of urea groups is 1. The molecule has 27 heavy (non-hydrogen) atoms. The number of amides is 2. The normalized spacial score (nSPS) is 19.7. The molecule has 2 aromatic rings. The SMILES string of the molecule is O=C(NCC1CCCO1)N1CC(n2nc(-c3cccc(F)c3)ccc2=O)C1. The van der Waals surface area contributed by atoms with E-state index in [9.17, 15) is 14.0 Å². The van der Waals surface area contributed by atoms with Gasteiger partial charge in [0.25, 0.3) is 5.56 Å². The van der Waals surface area contributed by atoms with E-state index in [-0.39, 0.29) is 29.6 Å². The molecular formula is C19H21FN4O3. The maximum absolute atomic E-state index is 13.4. The van der Waals surface area contributed by atoms with Crippen molar-refractivity contribution in [2.24, 2.45) is 0 Å². The van der Waals surface area contributed by atoms with Gasteiger partial charge in [0, 0.05) is 37.9 Å². The van der Waals surface area contributed by atoms with Crippen LogP contribution >= 0.6 is 0 Å². The van der Waals surface area contributed by atoms with Crippen LogP contribution in [0.5, 0.6) is 0 Å². The van der Waals surface area contributed by atoms with Crippen molar-refractivity contribution >= 4 is 6.03 Å². The van der Waals surface area contributed by atoms with Gasteiger partial charge in [-0.05, 0) is 31.0 Å². The summed E-state index contributed by atoms with van der Waals surface area (Å²) in [6.45, 7) is 2.09. The van der Waals surface area contributed by atoms with Gasteiger partial charge in [-0.3, -0.25) is 4.79 Å². The summed E-state index contributed by atoms with van der Waals surface area (Å²) < 4.78 is 20.3. The van der Waals surface area contributed by atoms with Crippen LogP contribution < -0.4 is 10.9 Å². The van der Waals surface area contributed by atoms with Crippen LogP contribution in [0.1, 0.15) is 18.9 Å². The number of nitrogens with one attached hydrogen (secondary N) is 1. The third-order valence-corrected chi connectivity index (χ3v) is 4.95. The smallest absolute Gasteiger partial charge is 0.317 e. The first-order chi connectivity index (χ1) is 13.1. The zero-order chi connectivity index (χ0) is 18.8. The predicted octanol–water partition coefficient (Wildman–Crippen LogP) is 1.79. The number of nitrogens with zero attached hydrogens (tertiary/aromatic N) is 3. The van der Waals surface area contributed by atoms with Gasteiger partial charge in [-0.2, -0.15) is 5.10 Å². The van der Waals surface area contributed by atoms with Gasteiger partial charge < -0.3 is 15.0 Å². The van der Waals surface area contributed by atoms with Crippen molar-refractivity contribution in [2.75, 3.05) is 26.2 Å². The Morgan fingerprint density at radius 1 is 1.30 bits per heavy atom. The summed E-state index contributed by atoms with van der Waals surface area (Å²) in [6.07, 6.45) is 2.09. The van der Waals surface area contributed by atoms with Crippen molar-refractivity contribution < 1.29 is 13.9 Å². The van der Waals surface area contributed by atoms with Gasteiger partial charge in [-0.1, -0.05) is 12.1 Å². The molecule has 2 aliphatic rings. The molecule has 0 spiro atoms. The van der Waals surface area contributed by atoms with E-state index in [0.29, 0.717) is 30.9 Å². The van der Waals surface area contributed by atoms with E-state index in [1.807, 2.05) is 0 Å². The summed E-state index contributed by atoms with van der Waals surface area (Å²) in [7, 11) is 0. The molecule has 0 aliphatic carbocycles. The lowest BCUT2D eigenvalue weighted by molar-refractivity contribution is 0.0955. The molecule has 2 aliphatic heterocycles. The zero-order valence-corrected chi connectivity index (χ0v) is 14.8. The second-order valence-electron chi connectivity index (χ2n) is 6.89. The number of carbonyl (C=O) groups is 1. The van der Waals surface area contributed by atoms with Crippen LogP contribution in [0.15, 0.2) is 41.2 Å². The molecule has 4 rings (SSSR count). The fraction of sp³-hybridized carbons (Fsp3) is 0.421. The van der Waals surface area contributed by atoms with Crippen molar-refractivity contribution in [3.05, 3.63) is 52.6 Å². The van der Waals surface area contributed by atoms with Crippen molar-refractivity contribution in [1.29, 1.82) is 0 Å². The number of likely N-dealkylation sites (tertiary alicyclic amines) is 1. The standard InChI is InChI=1S/C19H21FN4O3/c20-14-4-1-3-13(9-14)17-6-7-18(25)24(22-17)15-11-23(12-15)19(26)21-10-16-5-2-8-27-16/h1,3-4,6-7,9,15-16H,2,5,8,10-12H2,(H,21,26). The maximum Gasteiger partial charge on any atom is 0.317 e. The lowest BCUT2D eigenvalue weighted by atomic mass is 10.1. The molecule has 0 radical (unpaired) electrons. The maximum atomic E-state index is 13.4. The Morgan fingerprint density at radius 3 is 2.89 bits per heavy atom. The molecule has 1 N–H and O–H groups in total. The van der Waals surface area contributed by atoms with Crippen LogP contribution in [0.2, 0.25) is 0 Å². The number of ether oxygens (including phenoxy) is 1. The summed E-state index contributed by atoms with van der Waals surface area (Å²) in [6, 6.07) is 8.75. The minimum absolute atomic E-state index is 0.0956. The van der Waals surface area contributed by atoms with Gasteiger partial charge in [0.15, 0.2) is 0 Å². The molecule has 0 bridgehead atoms. The highest BCUT2D eigenvalue weighted by Crippen LogP contribution is 2.21.